The number of aromatic nitrogens is 2. The number of hydrogen-bond donors (Lipinski definition) is 2. The van der Waals surface area contributed by atoms with E-state index in [4.69, 9.17) is 5.11 Å². The van der Waals surface area contributed by atoms with E-state index in [0.717, 1.165) is 23.1 Å². The van der Waals surface area contributed by atoms with Crippen LogP contribution in [-0.4, -0.2) is 20.6 Å². The molecular weight excluding hydrogens is 268 g/mol. The molecule has 6 nitrogen and oxygen atoms in total. The highest BCUT2D eigenvalue weighted by molar-refractivity contribution is 7.10. The number of aryl methyl sites for hydroxylation is 1. The molecule has 0 radical (unpaired) electrons. The molecule has 100 valence electrons. The van der Waals surface area contributed by atoms with Crippen molar-refractivity contribution in [3.8, 4) is 0 Å². The molecule has 19 heavy (non-hydrogen) atoms. The molecule has 0 unspecified atom stereocenters. The minimum Gasteiger partial charge on any atom is -0.477 e. The number of H-pyrrole nitrogens is 1. The van der Waals surface area contributed by atoms with Gasteiger partial charge in [0.05, 0.1) is 6.54 Å². The van der Waals surface area contributed by atoms with E-state index in [1.807, 2.05) is 23.4 Å². The lowest BCUT2D eigenvalue weighted by Gasteiger charge is -2.06. The van der Waals surface area contributed by atoms with Gasteiger partial charge in [0.25, 0.3) is 5.56 Å². The Kier molecular flexibility index (Phi) is 3.66. The number of hydrogen-bond acceptors (Lipinski definition) is 4. The summed E-state index contributed by atoms with van der Waals surface area (Å²) in [4.78, 5) is 36.8. The summed E-state index contributed by atoms with van der Waals surface area (Å²) in [6.45, 7) is 2.26. The van der Waals surface area contributed by atoms with Gasteiger partial charge in [-0.1, -0.05) is 6.92 Å². The predicted octanol–water partition coefficient (Wildman–Crippen LogP) is 0.907. The van der Waals surface area contributed by atoms with Crippen molar-refractivity contribution in [1.29, 1.82) is 0 Å². The van der Waals surface area contributed by atoms with Crippen molar-refractivity contribution in [3.05, 3.63) is 54.5 Å². The standard InChI is InChI=1S/C12H12N2O4S/c1-2-7-3-4-19-9(7)6-14-5-8(11(16)17)10(15)13-12(14)18/h3-5H,2,6H2,1H3,(H,16,17)(H,13,15,18). The van der Waals surface area contributed by atoms with Gasteiger partial charge in [0.15, 0.2) is 0 Å². The molecule has 0 aliphatic heterocycles. The highest BCUT2D eigenvalue weighted by Gasteiger charge is 2.12. The first kappa shape index (κ1) is 13.3. The second-order valence-electron chi connectivity index (χ2n) is 3.96. The molecule has 0 aliphatic carbocycles. The van der Waals surface area contributed by atoms with Gasteiger partial charge in [-0.25, -0.2) is 9.59 Å². The molecule has 0 bridgehead atoms. The van der Waals surface area contributed by atoms with Crippen molar-refractivity contribution in [2.75, 3.05) is 0 Å². The van der Waals surface area contributed by atoms with Crippen LogP contribution in [0.5, 0.6) is 0 Å². The van der Waals surface area contributed by atoms with E-state index in [1.165, 1.54) is 15.9 Å². The SMILES string of the molecule is CCc1ccsc1Cn1cc(C(=O)O)c(=O)[nH]c1=O. The van der Waals surface area contributed by atoms with Crippen LogP contribution >= 0.6 is 11.3 Å². The first-order valence-electron chi connectivity index (χ1n) is 5.65. The number of carboxylic acid groups (broad SMARTS) is 1. The Morgan fingerprint density at radius 2 is 2.21 bits per heavy atom. The number of nitrogens with zero attached hydrogens (tertiary/aromatic N) is 1. The number of aromatic amines is 1. The van der Waals surface area contributed by atoms with Crippen LogP contribution in [0.3, 0.4) is 0 Å². The summed E-state index contributed by atoms with van der Waals surface area (Å²) in [5.74, 6) is -1.35. The van der Waals surface area contributed by atoms with Crippen LogP contribution in [0.25, 0.3) is 0 Å². The minimum absolute atomic E-state index is 0.261. The smallest absolute Gasteiger partial charge is 0.342 e. The summed E-state index contributed by atoms with van der Waals surface area (Å²) in [6.07, 6.45) is 1.92. The molecule has 0 spiro atoms. The van der Waals surface area contributed by atoms with Crippen molar-refractivity contribution in [2.45, 2.75) is 19.9 Å². The molecule has 0 fully saturated rings. The Labute approximate surface area is 112 Å². The maximum atomic E-state index is 11.7. The fourth-order valence-corrected chi connectivity index (χ4v) is 2.73. The van der Waals surface area contributed by atoms with Crippen LogP contribution in [0.4, 0.5) is 0 Å². The molecule has 2 aromatic heterocycles. The molecule has 0 aliphatic rings. The lowest BCUT2D eigenvalue weighted by atomic mass is 10.2. The second-order valence-corrected chi connectivity index (χ2v) is 4.96. The molecule has 2 rings (SSSR count). The summed E-state index contributed by atoms with van der Waals surface area (Å²) in [5, 5.41) is 10.8. The van der Waals surface area contributed by atoms with Gasteiger partial charge in [-0.15, -0.1) is 11.3 Å². The molecule has 2 N–H and O–H groups in total. The third kappa shape index (κ3) is 2.65. The van der Waals surface area contributed by atoms with E-state index < -0.39 is 22.8 Å². The Balaban J connectivity index is 2.46. The maximum Gasteiger partial charge on any atom is 0.342 e. The fourth-order valence-electron chi connectivity index (χ4n) is 1.75. The lowest BCUT2D eigenvalue weighted by molar-refractivity contribution is 0.0693. The van der Waals surface area contributed by atoms with Gasteiger partial charge in [0.2, 0.25) is 0 Å². The van der Waals surface area contributed by atoms with Gasteiger partial charge in [0, 0.05) is 11.1 Å². The summed E-state index contributed by atoms with van der Waals surface area (Å²) in [5.41, 5.74) is -0.810. The highest BCUT2D eigenvalue weighted by atomic mass is 32.1. The molecular formula is C12H12N2O4S. The molecule has 0 amide bonds. The van der Waals surface area contributed by atoms with E-state index in [9.17, 15) is 14.4 Å². The number of thiophene rings is 1. The Bertz CT molecular complexity index is 726. The van der Waals surface area contributed by atoms with Crippen molar-refractivity contribution in [2.24, 2.45) is 0 Å². The Hall–Kier alpha value is -2.15. The molecule has 7 heteroatoms. The summed E-state index contributed by atoms with van der Waals surface area (Å²) >= 11 is 1.50. The van der Waals surface area contributed by atoms with Crippen molar-refractivity contribution >= 4 is 17.3 Å². The maximum absolute atomic E-state index is 11.7. The molecule has 0 saturated heterocycles. The first-order valence-corrected chi connectivity index (χ1v) is 6.53. The predicted molar refractivity (Wildman–Crippen MR) is 71.1 cm³/mol. The topological polar surface area (TPSA) is 92.2 Å². The molecule has 2 aromatic rings. The zero-order valence-electron chi connectivity index (χ0n) is 10.2. The number of carboxylic acids is 1. The zero-order valence-corrected chi connectivity index (χ0v) is 11.0. The second kappa shape index (κ2) is 5.23. The van der Waals surface area contributed by atoms with Gasteiger partial charge in [0.1, 0.15) is 5.56 Å². The third-order valence-electron chi connectivity index (χ3n) is 2.77. The van der Waals surface area contributed by atoms with E-state index in [-0.39, 0.29) is 6.54 Å². The zero-order chi connectivity index (χ0) is 14.0. The summed E-state index contributed by atoms with van der Waals surface area (Å²) < 4.78 is 1.20. The normalized spacial score (nSPS) is 10.6. The van der Waals surface area contributed by atoms with E-state index in [0.29, 0.717) is 0 Å². The van der Waals surface area contributed by atoms with Gasteiger partial charge in [-0.2, -0.15) is 0 Å². The highest BCUT2D eigenvalue weighted by Crippen LogP contribution is 2.17. The minimum atomic E-state index is -1.35. The van der Waals surface area contributed by atoms with Crippen LogP contribution in [0.2, 0.25) is 0 Å². The number of nitrogens with one attached hydrogen (secondary N) is 1. The molecule has 0 aromatic carbocycles. The van der Waals surface area contributed by atoms with Gasteiger partial charge < -0.3 is 5.11 Å². The third-order valence-corrected chi connectivity index (χ3v) is 3.72. The summed E-state index contributed by atoms with van der Waals surface area (Å²) in [6, 6.07) is 1.97. The fraction of sp³-hybridized carbons (Fsp3) is 0.250. The van der Waals surface area contributed by atoms with Gasteiger partial charge in [-0.3, -0.25) is 14.3 Å². The van der Waals surface area contributed by atoms with Crippen molar-refractivity contribution in [3.63, 3.8) is 0 Å². The van der Waals surface area contributed by atoms with Crippen LogP contribution < -0.4 is 11.2 Å². The largest absolute Gasteiger partial charge is 0.477 e. The number of aromatic carboxylic acids is 1. The average molecular weight is 280 g/mol. The Morgan fingerprint density at radius 1 is 1.47 bits per heavy atom. The van der Waals surface area contributed by atoms with Crippen LogP contribution in [0.1, 0.15) is 27.7 Å². The van der Waals surface area contributed by atoms with E-state index in [1.54, 1.807) is 0 Å². The first-order chi connectivity index (χ1) is 9.02. The van der Waals surface area contributed by atoms with Crippen molar-refractivity contribution < 1.29 is 9.90 Å². The van der Waals surface area contributed by atoms with Crippen LogP contribution in [-0.2, 0) is 13.0 Å². The van der Waals surface area contributed by atoms with E-state index >= 15 is 0 Å². The van der Waals surface area contributed by atoms with Crippen LogP contribution in [0.15, 0.2) is 27.2 Å². The van der Waals surface area contributed by atoms with Crippen LogP contribution in [0, 0.1) is 0 Å². The molecule has 2 heterocycles. The summed E-state index contributed by atoms with van der Waals surface area (Å²) in [7, 11) is 0. The number of carbonyl (C=O) groups is 1. The monoisotopic (exact) mass is 280 g/mol. The Morgan fingerprint density at radius 3 is 2.84 bits per heavy atom. The van der Waals surface area contributed by atoms with E-state index in [2.05, 4.69) is 0 Å². The lowest BCUT2D eigenvalue weighted by Crippen LogP contribution is -2.33. The van der Waals surface area contributed by atoms with Crippen molar-refractivity contribution in [1.82, 2.24) is 9.55 Å². The average Bonchev–Trinajstić information content (AvgIpc) is 2.79. The van der Waals surface area contributed by atoms with Gasteiger partial charge >= 0.3 is 11.7 Å². The van der Waals surface area contributed by atoms with Gasteiger partial charge in [-0.05, 0) is 23.4 Å². The quantitative estimate of drug-likeness (QED) is 0.870. The molecule has 0 atom stereocenters. The molecule has 0 saturated carbocycles. The number of rotatable bonds is 4.